The SMILES string of the molecule is COc1cccc(CN(Cc2cccc(-n3ccnc3)c2)c2nc(C)c(CN3CCOCC3)s2)c1. The highest BCUT2D eigenvalue weighted by Gasteiger charge is 2.19. The largest absolute Gasteiger partial charge is 0.497 e. The van der Waals surface area contributed by atoms with Crippen molar-refractivity contribution in [3.63, 3.8) is 0 Å². The van der Waals surface area contributed by atoms with Gasteiger partial charge in [0.15, 0.2) is 5.13 Å². The molecule has 3 heterocycles. The van der Waals surface area contributed by atoms with Crippen LogP contribution in [0.2, 0.25) is 0 Å². The van der Waals surface area contributed by atoms with Gasteiger partial charge in [-0.2, -0.15) is 0 Å². The number of hydrogen-bond donors (Lipinski definition) is 0. The standard InChI is InChI=1S/C27H31N5O2S/c1-21-26(19-30-11-13-34-14-12-30)35-27(29-21)32(18-23-6-4-8-25(16-23)33-2)17-22-5-3-7-24(15-22)31-10-9-28-20-31/h3-10,15-16,20H,11-14,17-19H2,1-2H3. The fourth-order valence-corrected chi connectivity index (χ4v) is 5.39. The first kappa shape index (κ1) is 23.5. The van der Waals surface area contributed by atoms with Gasteiger partial charge in [-0.25, -0.2) is 9.97 Å². The number of nitrogens with zero attached hydrogens (tertiary/aromatic N) is 5. The van der Waals surface area contributed by atoms with E-state index in [1.165, 1.54) is 16.0 Å². The summed E-state index contributed by atoms with van der Waals surface area (Å²) in [6.07, 6.45) is 5.60. The zero-order valence-corrected chi connectivity index (χ0v) is 21.1. The number of aryl methyl sites for hydroxylation is 1. The highest BCUT2D eigenvalue weighted by Crippen LogP contribution is 2.30. The molecule has 2 aromatic heterocycles. The van der Waals surface area contributed by atoms with Crippen LogP contribution in [0.3, 0.4) is 0 Å². The number of morpholine rings is 1. The summed E-state index contributed by atoms with van der Waals surface area (Å²) in [7, 11) is 1.71. The van der Waals surface area contributed by atoms with Crippen molar-refractivity contribution in [1.82, 2.24) is 19.4 Å². The van der Waals surface area contributed by atoms with Gasteiger partial charge < -0.3 is 18.9 Å². The van der Waals surface area contributed by atoms with Gasteiger partial charge in [-0.05, 0) is 42.3 Å². The molecule has 7 nitrogen and oxygen atoms in total. The third-order valence-electron chi connectivity index (χ3n) is 6.22. The lowest BCUT2D eigenvalue weighted by atomic mass is 10.1. The van der Waals surface area contributed by atoms with Crippen molar-refractivity contribution in [3.05, 3.63) is 88.9 Å². The Morgan fingerprint density at radius 1 is 1.06 bits per heavy atom. The summed E-state index contributed by atoms with van der Waals surface area (Å²) in [6.45, 7) is 8.11. The van der Waals surface area contributed by atoms with Gasteiger partial charge in [-0.15, -0.1) is 11.3 Å². The van der Waals surface area contributed by atoms with E-state index in [4.69, 9.17) is 14.5 Å². The molecule has 182 valence electrons. The lowest BCUT2D eigenvalue weighted by Crippen LogP contribution is -2.35. The zero-order chi connectivity index (χ0) is 24.0. The smallest absolute Gasteiger partial charge is 0.186 e. The number of hydrogen-bond acceptors (Lipinski definition) is 7. The van der Waals surface area contributed by atoms with E-state index in [0.29, 0.717) is 0 Å². The van der Waals surface area contributed by atoms with E-state index in [1.54, 1.807) is 24.6 Å². The number of rotatable bonds is 9. The topological polar surface area (TPSA) is 55.7 Å². The highest BCUT2D eigenvalue weighted by atomic mass is 32.1. The maximum absolute atomic E-state index is 5.52. The van der Waals surface area contributed by atoms with E-state index < -0.39 is 0 Å². The van der Waals surface area contributed by atoms with E-state index in [2.05, 4.69) is 58.1 Å². The van der Waals surface area contributed by atoms with Gasteiger partial charge >= 0.3 is 0 Å². The molecule has 1 aliphatic rings. The number of aromatic nitrogens is 3. The highest BCUT2D eigenvalue weighted by molar-refractivity contribution is 7.15. The number of benzene rings is 2. The van der Waals surface area contributed by atoms with Crippen molar-refractivity contribution < 1.29 is 9.47 Å². The quantitative estimate of drug-likeness (QED) is 0.340. The number of thiazole rings is 1. The molecular weight excluding hydrogens is 458 g/mol. The van der Waals surface area contributed by atoms with Crippen molar-refractivity contribution in [2.75, 3.05) is 38.3 Å². The Labute approximate surface area is 210 Å². The third kappa shape index (κ3) is 5.90. The molecule has 2 aromatic carbocycles. The minimum Gasteiger partial charge on any atom is -0.497 e. The molecule has 0 radical (unpaired) electrons. The fourth-order valence-electron chi connectivity index (χ4n) is 4.29. The van der Waals surface area contributed by atoms with Gasteiger partial charge in [0.05, 0.1) is 32.3 Å². The van der Waals surface area contributed by atoms with Gasteiger partial charge in [0.1, 0.15) is 5.75 Å². The van der Waals surface area contributed by atoms with E-state index in [9.17, 15) is 0 Å². The molecule has 0 unspecified atom stereocenters. The molecule has 0 amide bonds. The molecule has 4 aromatic rings. The average molecular weight is 490 g/mol. The molecule has 1 fully saturated rings. The van der Waals surface area contributed by atoms with Crippen LogP contribution in [0.1, 0.15) is 21.7 Å². The molecule has 0 atom stereocenters. The number of imidazole rings is 1. The Morgan fingerprint density at radius 3 is 2.57 bits per heavy atom. The van der Waals surface area contributed by atoms with Crippen LogP contribution in [0.15, 0.2) is 67.3 Å². The number of methoxy groups -OCH3 is 1. The Balaban J connectivity index is 1.42. The summed E-state index contributed by atoms with van der Waals surface area (Å²) < 4.78 is 13.0. The molecule has 1 saturated heterocycles. The van der Waals surface area contributed by atoms with Crippen LogP contribution in [0.4, 0.5) is 5.13 Å². The molecule has 0 bridgehead atoms. The van der Waals surface area contributed by atoms with Crippen LogP contribution < -0.4 is 9.64 Å². The van der Waals surface area contributed by atoms with Gasteiger partial charge in [-0.1, -0.05) is 24.3 Å². The maximum atomic E-state index is 5.52. The summed E-state index contributed by atoms with van der Waals surface area (Å²) in [5.74, 6) is 0.868. The monoisotopic (exact) mass is 489 g/mol. The van der Waals surface area contributed by atoms with Crippen LogP contribution in [0.25, 0.3) is 5.69 Å². The van der Waals surface area contributed by atoms with Crippen LogP contribution in [0, 0.1) is 6.92 Å². The van der Waals surface area contributed by atoms with Gasteiger partial charge in [0.25, 0.3) is 0 Å². The zero-order valence-electron chi connectivity index (χ0n) is 20.3. The molecule has 1 aliphatic heterocycles. The van der Waals surface area contributed by atoms with Gasteiger partial charge in [-0.3, -0.25) is 4.90 Å². The molecule has 0 N–H and O–H groups in total. The second-order valence-corrected chi connectivity index (χ2v) is 9.80. The predicted molar refractivity (Wildman–Crippen MR) is 139 cm³/mol. The summed E-state index contributed by atoms with van der Waals surface area (Å²) in [4.78, 5) is 15.4. The molecule has 0 aliphatic carbocycles. The van der Waals surface area contributed by atoms with Gasteiger partial charge in [0.2, 0.25) is 0 Å². The van der Waals surface area contributed by atoms with Crippen molar-refractivity contribution in [2.45, 2.75) is 26.6 Å². The lowest BCUT2D eigenvalue weighted by Gasteiger charge is -2.26. The van der Waals surface area contributed by atoms with Crippen molar-refractivity contribution in [2.24, 2.45) is 0 Å². The number of ether oxygens (including phenoxy) is 2. The lowest BCUT2D eigenvalue weighted by molar-refractivity contribution is 0.0345. The van der Waals surface area contributed by atoms with Crippen molar-refractivity contribution >= 4 is 16.5 Å². The Morgan fingerprint density at radius 2 is 1.83 bits per heavy atom. The first-order valence-corrected chi connectivity index (χ1v) is 12.7. The maximum Gasteiger partial charge on any atom is 0.186 e. The van der Waals surface area contributed by atoms with Gasteiger partial charge in [0, 0.05) is 55.7 Å². The van der Waals surface area contributed by atoms with Crippen LogP contribution in [-0.2, 0) is 24.4 Å². The van der Waals surface area contributed by atoms with Crippen LogP contribution in [0.5, 0.6) is 5.75 Å². The number of anilines is 1. The van der Waals surface area contributed by atoms with Crippen molar-refractivity contribution in [3.8, 4) is 11.4 Å². The van der Waals surface area contributed by atoms with Crippen LogP contribution >= 0.6 is 11.3 Å². The molecule has 8 heteroatoms. The second kappa shape index (κ2) is 11.0. The normalized spacial score (nSPS) is 14.2. The summed E-state index contributed by atoms with van der Waals surface area (Å²) in [5, 5.41) is 1.04. The Bertz CT molecular complexity index is 1230. The summed E-state index contributed by atoms with van der Waals surface area (Å²) >= 11 is 1.80. The molecule has 0 spiro atoms. The van der Waals surface area contributed by atoms with E-state index in [-0.39, 0.29) is 0 Å². The molecule has 0 saturated carbocycles. The van der Waals surface area contributed by atoms with Crippen molar-refractivity contribution in [1.29, 1.82) is 0 Å². The predicted octanol–water partition coefficient (Wildman–Crippen LogP) is 4.68. The van der Waals surface area contributed by atoms with E-state index in [1.807, 2.05) is 29.2 Å². The minimum absolute atomic E-state index is 0.746. The van der Waals surface area contributed by atoms with Crippen LogP contribution in [-0.4, -0.2) is 52.8 Å². The fraction of sp³-hybridized carbons (Fsp3) is 0.333. The molecule has 35 heavy (non-hydrogen) atoms. The van der Waals surface area contributed by atoms with E-state index >= 15 is 0 Å². The minimum atomic E-state index is 0.746. The Hall–Kier alpha value is -3.20. The second-order valence-electron chi connectivity index (χ2n) is 8.74. The Kier molecular flexibility index (Phi) is 7.42. The average Bonchev–Trinajstić information content (AvgIpc) is 3.55. The summed E-state index contributed by atoms with van der Waals surface area (Å²) in [5.41, 5.74) is 4.63. The molecule has 5 rings (SSSR count). The first-order chi connectivity index (χ1) is 17.2. The third-order valence-corrected chi connectivity index (χ3v) is 7.42. The first-order valence-electron chi connectivity index (χ1n) is 11.9. The van der Waals surface area contributed by atoms with E-state index in [0.717, 1.165) is 68.2 Å². The summed E-state index contributed by atoms with van der Waals surface area (Å²) in [6, 6.07) is 16.9. The molecular formula is C27H31N5O2S.